The molecular formula is C33H36N2O3. The van der Waals surface area contributed by atoms with Gasteiger partial charge in [0.05, 0.1) is 25.7 Å². The summed E-state index contributed by atoms with van der Waals surface area (Å²) in [6, 6.07) is 33.8. The molecule has 0 aromatic heterocycles. The summed E-state index contributed by atoms with van der Waals surface area (Å²) in [5, 5.41) is 17.5. The Morgan fingerprint density at radius 1 is 0.816 bits per heavy atom. The summed E-state index contributed by atoms with van der Waals surface area (Å²) in [5.74, 6) is 0.688. The van der Waals surface area contributed by atoms with Crippen LogP contribution in [0.4, 0.5) is 0 Å². The molecule has 0 aliphatic carbocycles. The van der Waals surface area contributed by atoms with Gasteiger partial charge in [0.1, 0.15) is 5.75 Å². The van der Waals surface area contributed by atoms with E-state index in [0.29, 0.717) is 19.5 Å². The highest BCUT2D eigenvalue weighted by Crippen LogP contribution is 2.22. The van der Waals surface area contributed by atoms with E-state index in [-0.39, 0.29) is 12.3 Å². The van der Waals surface area contributed by atoms with Crippen molar-refractivity contribution in [3.05, 3.63) is 125 Å². The molecule has 3 N–H and O–H groups in total. The molecule has 0 radical (unpaired) electrons. The van der Waals surface area contributed by atoms with Crippen molar-refractivity contribution >= 4 is 5.91 Å². The molecule has 2 atom stereocenters. The summed E-state index contributed by atoms with van der Waals surface area (Å²) < 4.78 is 5.29. The van der Waals surface area contributed by atoms with Crippen molar-refractivity contribution < 1.29 is 14.6 Å². The van der Waals surface area contributed by atoms with Crippen LogP contribution in [-0.2, 0) is 24.2 Å². The lowest BCUT2D eigenvalue weighted by atomic mass is 9.98. The number of hydrogen-bond acceptors (Lipinski definition) is 4. The van der Waals surface area contributed by atoms with Crippen molar-refractivity contribution in [3.63, 3.8) is 0 Å². The standard InChI is InChI=1S/C33H36N2O3/c1-24-16-27(18-29(17-24)28-13-7-4-8-14-28)21-33(37)35-31(20-25-10-5-3-6-11-25)32(36)23-34-22-26-12-9-15-30(19-26)38-2/h3-19,31-32,34,36H,20-23H2,1-2H3,(H,35,37)/t31-,32+/m0/s1. The monoisotopic (exact) mass is 508 g/mol. The van der Waals surface area contributed by atoms with Gasteiger partial charge in [0.2, 0.25) is 5.91 Å². The Hall–Kier alpha value is -3.93. The highest BCUT2D eigenvalue weighted by atomic mass is 16.5. The van der Waals surface area contributed by atoms with Crippen LogP contribution in [0.2, 0.25) is 0 Å². The van der Waals surface area contributed by atoms with Gasteiger partial charge in [0, 0.05) is 13.1 Å². The number of rotatable bonds is 12. The maximum absolute atomic E-state index is 13.2. The average Bonchev–Trinajstić information content (AvgIpc) is 2.93. The molecule has 4 rings (SSSR count). The zero-order chi connectivity index (χ0) is 26.7. The fourth-order valence-corrected chi connectivity index (χ4v) is 4.65. The minimum atomic E-state index is -0.762. The van der Waals surface area contributed by atoms with Gasteiger partial charge in [0.15, 0.2) is 0 Å². The molecule has 196 valence electrons. The van der Waals surface area contributed by atoms with Crippen LogP contribution in [0.15, 0.2) is 103 Å². The summed E-state index contributed by atoms with van der Waals surface area (Å²) in [5.41, 5.74) is 6.40. The molecular weight excluding hydrogens is 472 g/mol. The number of methoxy groups -OCH3 is 1. The number of carbonyl (C=O) groups excluding carboxylic acids is 1. The van der Waals surface area contributed by atoms with Crippen molar-refractivity contribution in [2.24, 2.45) is 0 Å². The Kier molecular flexibility index (Phi) is 9.68. The first kappa shape index (κ1) is 27.1. The molecule has 0 saturated carbocycles. The minimum Gasteiger partial charge on any atom is -0.497 e. The molecule has 5 heteroatoms. The van der Waals surface area contributed by atoms with Crippen molar-refractivity contribution in [1.29, 1.82) is 0 Å². The lowest BCUT2D eigenvalue weighted by molar-refractivity contribution is -0.122. The Balaban J connectivity index is 1.42. The van der Waals surface area contributed by atoms with Crippen molar-refractivity contribution in [2.45, 2.75) is 38.5 Å². The van der Waals surface area contributed by atoms with E-state index in [1.54, 1.807) is 7.11 Å². The number of benzene rings is 4. The number of ether oxygens (including phenoxy) is 1. The smallest absolute Gasteiger partial charge is 0.224 e. The summed E-state index contributed by atoms with van der Waals surface area (Å²) in [6.07, 6.45) is 0.0242. The van der Waals surface area contributed by atoms with Gasteiger partial charge in [0.25, 0.3) is 0 Å². The predicted molar refractivity (Wildman–Crippen MR) is 153 cm³/mol. The largest absolute Gasteiger partial charge is 0.497 e. The fraction of sp³-hybridized carbons (Fsp3) is 0.242. The third kappa shape index (κ3) is 8.04. The second-order valence-electron chi connectivity index (χ2n) is 9.66. The van der Waals surface area contributed by atoms with Crippen LogP contribution in [0, 0.1) is 6.92 Å². The molecule has 5 nitrogen and oxygen atoms in total. The van der Waals surface area contributed by atoms with Gasteiger partial charge in [-0.15, -0.1) is 0 Å². The van der Waals surface area contributed by atoms with Gasteiger partial charge in [-0.2, -0.15) is 0 Å². The summed E-state index contributed by atoms with van der Waals surface area (Å²) in [7, 11) is 1.65. The third-order valence-electron chi connectivity index (χ3n) is 6.53. The molecule has 0 aliphatic heterocycles. The van der Waals surface area contributed by atoms with Gasteiger partial charge in [-0.3, -0.25) is 4.79 Å². The van der Waals surface area contributed by atoms with Gasteiger partial charge < -0.3 is 20.5 Å². The van der Waals surface area contributed by atoms with E-state index in [1.807, 2.05) is 85.8 Å². The van der Waals surface area contributed by atoms with Crippen LogP contribution in [0.5, 0.6) is 5.75 Å². The van der Waals surface area contributed by atoms with E-state index in [2.05, 4.69) is 34.9 Å². The fourth-order valence-electron chi connectivity index (χ4n) is 4.65. The Bertz CT molecular complexity index is 1310. The molecule has 0 saturated heterocycles. The van der Waals surface area contributed by atoms with Crippen LogP contribution < -0.4 is 15.4 Å². The number of amides is 1. The first-order valence-electron chi connectivity index (χ1n) is 13.0. The van der Waals surface area contributed by atoms with Crippen LogP contribution in [0.1, 0.15) is 22.3 Å². The van der Waals surface area contributed by atoms with E-state index in [0.717, 1.165) is 39.1 Å². The topological polar surface area (TPSA) is 70.6 Å². The van der Waals surface area contributed by atoms with Gasteiger partial charge in [-0.1, -0.05) is 96.6 Å². The molecule has 0 heterocycles. The summed E-state index contributed by atoms with van der Waals surface area (Å²) >= 11 is 0. The highest BCUT2D eigenvalue weighted by Gasteiger charge is 2.22. The number of hydrogen-bond donors (Lipinski definition) is 3. The highest BCUT2D eigenvalue weighted by molar-refractivity contribution is 5.80. The molecule has 0 spiro atoms. The van der Waals surface area contributed by atoms with Gasteiger partial charge >= 0.3 is 0 Å². The number of nitrogens with one attached hydrogen (secondary N) is 2. The number of carbonyl (C=O) groups is 1. The molecule has 4 aromatic carbocycles. The van der Waals surface area contributed by atoms with E-state index < -0.39 is 12.1 Å². The lowest BCUT2D eigenvalue weighted by Gasteiger charge is -2.25. The molecule has 1 amide bonds. The second kappa shape index (κ2) is 13.6. The number of aliphatic hydroxyl groups excluding tert-OH is 1. The molecule has 0 aliphatic rings. The normalized spacial score (nSPS) is 12.5. The van der Waals surface area contributed by atoms with E-state index in [1.165, 1.54) is 0 Å². The minimum absolute atomic E-state index is 0.109. The first-order valence-corrected chi connectivity index (χ1v) is 13.0. The summed E-state index contributed by atoms with van der Waals surface area (Å²) in [4.78, 5) is 13.2. The third-order valence-corrected chi connectivity index (χ3v) is 6.53. The number of aryl methyl sites for hydroxylation is 1. The molecule has 0 unspecified atom stereocenters. The Morgan fingerprint density at radius 3 is 2.26 bits per heavy atom. The Morgan fingerprint density at radius 2 is 1.53 bits per heavy atom. The molecule has 0 bridgehead atoms. The maximum atomic E-state index is 13.2. The quantitative estimate of drug-likeness (QED) is 0.249. The molecule has 38 heavy (non-hydrogen) atoms. The van der Waals surface area contributed by atoms with Crippen molar-refractivity contribution in [3.8, 4) is 16.9 Å². The van der Waals surface area contributed by atoms with E-state index in [9.17, 15) is 9.90 Å². The van der Waals surface area contributed by atoms with Crippen LogP contribution in [-0.4, -0.2) is 36.8 Å². The van der Waals surface area contributed by atoms with E-state index >= 15 is 0 Å². The average molecular weight is 509 g/mol. The zero-order valence-electron chi connectivity index (χ0n) is 22.1. The lowest BCUT2D eigenvalue weighted by Crippen LogP contribution is -2.49. The van der Waals surface area contributed by atoms with Crippen molar-refractivity contribution in [2.75, 3.05) is 13.7 Å². The SMILES string of the molecule is COc1cccc(CNC[C@@H](O)[C@H](Cc2ccccc2)NC(=O)Cc2cc(C)cc(-c3ccccc3)c2)c1. The van der Waals surface area contributed by atoms with Gasteiger partial charge in [-0.25, -0.2) is 0 Å². The van der Waals surface area contributed by atoms with Crippen LogP contribution >= 0.6 is 0 Å². The first-order chi connectivity index (χ1) is 18.5. The summed E-state index contributed by atoms with van der Waals surface area (Å²) in [6.45, 7) is 2.98. The Labute approximate surface area is 225 Å². The molecule has 0 fully saturated rings. The maximum Gasteiger partial charge on any atom is 0.224 e. The second-order valence-corrected chi connectivity index (χ2v) is 9.66. The predicted octanol–water partition coefficient (Wildman–Crippen LogP) is 5.09. The van der Waals surface area contributed by atoms with Gasteiger partial charge in [-0.05, 0) is 53.3 Å². The van der Waals surface area contributed by atoms with E-state index in [4.69, 9.17) is 4.74 Å². The number of aliphatic hydroxyl groups is 1. The zero-order valence-corrected chi connectivity index (χ0v) is 22.1. The molecule has 4 aromatic rings. The van der Waals surface area contributed by atoms with Crippen molar-refractivity contribution in [1.82, 2.24) is 10.6 Å². The van der Waals surface area contributed by atoms with Crippen LogP contribution in [0.25, 0.3) is 11.1 Å². The van der Waals surface area contributed by atoms with Crippen LogP contribution in [0.3, 0.4) is 0 Å².